The number of methoxy groups -OCH3 is 3. The standard InChI is InChI=1S/C22H31NO5S/c1-7-22(15-23(2)3,19-9-8-12-29-19)28-20(24)11-10-16-13-17(25-4)21(27-6)18(14-16)26-5/h8-9,12-14H,7,10-11,15H2,1-6H3. The number of carbonyl (C=O) groups is 1. The van der Waals surface area contributed by atoms with Crippen molar-refractivity contribution in [1.82, 2.24) is 4.90 Å². The van der Waals surface area contributed by atoms with Crippen LogP contribution in [-0.2, 0) is 21.6 Å². The fourth-order valence-corrected chi connectivity index (χ4v) is 4.29. The number of esters is 1. The van der Waals surface area contributed by atoms with Gasteiger partial charge in [0.1, 0.15) is 0 Å². The molecule has 1 heterocycles. The number of hydrogen-bond acceptors (Lipinski definition) is 7. The van der Waals surface area contributed by atoms with Gasteiger partial charge in [0.2, 0.25) is 5.75 Å². The highest BCUT2D eigenvalue weighted by Gasteiger charge is 2.36. The van der Waals surface area contributed by atoms with Crippen molar-refractivity contribution in [2.24, 2.45) is 0 Å². The van der Waals surface area contributed by atoms with Gasteiger partial charge in [0.05, 0.1) is 21.3 Å². The van der Waals surface area contributed by atoms with Gasteiger partial charge in [-0.3, -0.25) is 4.79 Å². The number of thiophene rings is 1. The van der Waals surface area contributed by atoms with Crippen molar-refractivity contribution in [2.75, 3.05) is 42.0 Å². The summed E-state index contributed by atoms with van der Waals surface area (Å²) in [5.74, 6) is 1.46. The van der Waals surface area contributed by atoms with E-state index in [1.807, 2.05) is 43.7 Å². The van der Waals surface area contributed by atoms with Crippen LogP contribution >= 0.6 is 11.3 Å². The predicted octanol–water partition coefficient (Wildman–Crippen LogP) is 4.12. The van der Waals surface area contributed by atoms with Crippen LogP contribution in [0.4, 0.5) is 0 Å². The van der Waals surface area contributed by atoms with E-state index in [1.54, 1.807) is 32.7 Å². The van der Waals surface area contributed by atoms with Gasteiger partial charge in [-0.1, -0.05) is 13.0 Å². The van der Waals surface area contributed by atoms with Gasteiger partial charge in [0.25, 0.3) is 0 Å². The highest BCUT2D eigenvalue weighted by atomic mass is 32.1. The highest BCUT2D eigenvalue weighted by molar-refractivity contribution is 7.10. The second-order valence-electron chi connectivity index (χ2n) is 7.07. The Bertz CT molecular complexity index is 766. The van der Waals surface area contributed by atoms with Gasteiger partial charge in [-0.25, -0.2) is 0 Å². The molecule has 0 saturated heterocycles. The summed E-state index contributed by atoms with van der Waals surface area (Å²) in [5, 5.41) is 2.01. The van der Waals surface area contributed by atoms with Crippen molar-refractivity contribution in [3.63, 3.8) is 0 Å². The molecular weight excluding hydrogens is 390 g/mol. The fraction of sp³-hybridized carbons (Fsp3) is 0.500. The van der Waals surface area contributed by atoms with Crippen LogP contribution in [0.3, 0.4) is 0 Å². The molecule has 6 nitrogen and oxygen atoms in total. The number of benzene rings is 1. The van der Waals surface area contributed by atoms with Crippen molar-refractivity contribution >= 4 is 17.3 Å². The number of nitrogens with zero attached hydrogens (tertiary/aromatic N) is 1. The van der Waals surface area contributed by atoms with Crippen LogP contribution in [0.25, 0.3) is 0 Å². The molecule has 0 bridgehead atoms. The number of carbonyl (C=O) groups excluding carboxylic acids is 1. The predicted molar refractivity (Wildman–Crippen MR) is 115 cm³/mol. The minimum absolute atomic E-state index is 0.226. The average Bonchev–Trinajstić information content (AvgIpc) is 3.25. The van der Waals surface area contributed by atoms with E-state index in [0.717, 1.165) is 10.4 Å². The molecule has 0 radical (unpaired) electrons. The maximum Gasteiger partial charge on any atom is 0.307 e. The molecule has 0 aliphatic heterocycles. The summed E-state index contributed by atoms with van der Waals surface area (Å²) < 4.78 is 22.2. The molecule has 1 aromatic carbocycles. The van der Waals surface area contributed by atoms with Crippen molar-refractivity contribution in [1.29, 1.82) is 0 Å². The first kappa shape index (κ1) is 23.0. The second-order valence-corrected chi connectivity index (χ2v) is 8.02. The first-order chi connectivity index (χ1) is 13.9. The lowest BCUT2D eigenvalue weighted by Gasteiger charge is -2.34. The molecule has 0 N–H and O–H groups in total. The molecular formula is C22H31NO5S. The zero-order valence-electron chi connectivity index (χ0n) is 18.1. The molecule has 1 aromatic heterocycles. The van der Waals surface area contributed by atoms with E-state index in [0.29, 0.717) is 36.6 Å². The van der Waals surface area contributed by atoms with Crippen LogP contribution < -0.4 is 14.2 Å². The topological polar surface area (TPSA) is 57.2 Å². The molecule has 0 aliphatic rings. The van der Waals surface area contributed by atoms with E-state index in [9.17, 15) is 4.79 Å². The number of aryl methyl sites for hydroxylation is 1. The largest absolute Gasteiger partial charge is 0.493 e. The van der Waals surface area contributed by atoms with Crippen LogP contribution in [0.5, 0.6) is 17.2 Å². The van der Waals surface area contributed by atoms with Crippen molar-refractivity contribution < 1.29 is 23.7 Å². The molecule has 1 unspecified atom stereocenters. The van der Waals surface area contributed by atoms with Crippen LogP contribution in [-0.4, -0.2) is 52.8 Å². The normalized spacial score (nSPS) is 13.1. The summed E-state index contributed by atoms with van der Waals surface area (Å²) in [6.45, 7) is 2.69. The van der Waals surface area contributed by atoms with Crippen molar-refractivity contribution in [3.05, 3.63) is 40.1 Å². The first-order valence-corrected chi connectivity index (χ1v) is 10.5. The minimum Gasteiger partial charge on any atom is -0.493 e. The quantitative estimate of drug-likeness (QED) is 0.509. The van der Waals surface area contributed by atoms with Gasteiger partial charge in [-0.05, 0) is 56.1 Å². The summed E-state index contributed by atoms with van der Waals surface area (Å²) >= 11 is 1.62. The van der Waals surface area contributed by atoms with E-state index < -0.39 is 5.60 Å². The Balaban J connectivity index is 2.15. The second kappa shape index (κ2) is 10.5. The van der Waals surface area contributed by atoms with Crippen LogP contribution in [0.15, 0.2) is 29.6 Å². The van der Waals surface area contributed by atoms with E-state index in [2.05, 4.69) is 11.8 Å². The molecule has 0 amide bonds. The third-order valence-corrected chi connectivity index (χ3v) is 5.82. The zero-order valence-corrected chi connectivity index (χ0v) is 18.9. The Morgan fingerprint density at radius 2 is 1.76 bits per heavy atom. The monoisotopic (exact) mass is 421 g/mol. The molecule has 0 spiro atoms. The SMILES string of the molecule is CCC(CN(C)C)(OC(=O)CCc1cc(OC)c(OC)c(OC)c1)c1cccs1. The maximum absolute atomic E-state index is 12.8. The molecule has 7 heteroatoms. The summed E-state index contributed by atoms with van der Waals surface area (Å²) in [7, 11) is 8.70. The van der Waals surface area contributed by atoms with Gasteiger partial charge in [-0.2, -0.15) is 0 Å². The summed E-state index contributed by atoms with van der Waals surface area (Å²) in [4.78, 5) is 15.9. The van der Waals surface area contributed by atoms with Crippen molar-refractivity contribution in [2.45, 2.75) is 31.8 Å². The molecule has 0 aliphatic carbocycles. The lowest BCUT2D eigenvalue weighted by Crippen LogP contribution is -2.40. The number of rotatable bonds is 11. The third-order valence-electron chi connectivity index (χ3n) is 4.76. The molecule has 2 aromatic rings. The van der Waals surface area contributed by atoms with Crippen LogP contribution in [0, 0.1) is 0 Å². The maximum atomic E-state index is 12.8. The van der Waals surface area contributed by atoms with E-state index in [1.165, 1.54) is 0 Å². The van der Waals surface area contributed by atoms with Gasteiger partial charge in [0.15, 0.2) is 17.1 Å². The molecule has 2 rings (SSSR count). The lowest BCUT2D eigenvalue weighted by atomic mass is 9.97. The van der Waals surface area contributed by atoms with E-state index >= 15 is 0 Å². The Morgan fingerprint density at radius 1 is 1.10 bits per heavy atom. The molecule has 160 valence electrons. The smallest absolute Gasteiger partial charge is 0.307 e. The highest BCUT2D eigenvalue weighted by Crippen LogP contribution is 2.39. The fourth-order valence-electron chi connectivity index (χ4n) is 3.36. The average molecular weight is 422 g/mol. The van der Waals surface area contributed by atoms with Crippen LogP contribution in [0.1, 0.15) is 30.2 Å². The number of ether oxygens (including phenoxy) is 4. The van der Waals surface area contributed by atoms with Gasteiger partial charge >= 0.3 is 5.97 Å². The van der Waals surface area contributed by atoms with E-state index in [-0.39, 0.29) is 12.4 Å². The molecule has 1 atom stereocenters. The minimum atomic E-state index is -0.635. The Morgan fingerprint density at radius 3 is 2.21 bits per heavy atom. The Hall–Kier alpha value is -2.25. The summed E-state index contributed by atoms with van der Waals surface area (Å²) in [6, 6.07) is 7.75. The molecule has 0 saturated carbocycles. The van der Waals surface area contributed by atoms with Gasteiger partial charge in [0, 0.05) is 17.8 Å². The lowest BCUT2D eigenvalue weighted by molar-refractivity contribution is -0.163. The zero-order chi connectivity index (χ0) is 21.4. The Labute approximate surface area is 177 Å². The molecule has 0 fully saturated rings. The Kier molecular flexibility index (Phi) is 8.34. The molecule has 29 heavy (non-hydrogen) atoms. The van der Waals surface area contributed by atoms with Gasteiger partial charge < -0.3 is 23.8 Å². The third kappa shape index (κ3) is 5.64. The number of hydrogen-bond donors (Lipinski definition) is 0. The van der Waals surface area contributed by atoms with Crippen LogP contribution in [0.2, 0.25) is 0 Å². The van der Waals surface area contributed by atoms with E-state index in [4.69, 9.17) is 18.9 Å². The summed E-state index contributed by atoms with van der Waals surface area (Å²) in [5.41, 5.74) is 0.284. The van der Waals surface area contributed by atoms with Gasteiger partial charge in [-0.15, -0.1) is 11.3 Å². The number of likely N-dealkylation sites (N-methyl/N-ethyl adjacent to an activating group) is 1. The summed E-state index contributed by atoms with van der Waals surface area (Å²) in [6.07, 6.45) is 1.49. The first-order valence-electron chi connectivity index (χ1n) is 9.58. The van der Waals surface area contributed by atoms with Crippen molar-refractivity contribution in [3.8, 4) is 17.2 Å².